The summed E-state index contributed by atoms with van der Waals surface area (Å²) >= 11 is 0. The maximum atomic E-state index is 11.7. The van der Waals surface area contributed by atoms with Crippen molar-refractivity contribution < 1.29 is 18.3 Å². The van der Waals surface area contributed by atoms with Crippen LogP contribution in [-0.2, 0) is 20.2 Å². The van der Waals surface area contributed by atoms with E-state index >= 15 is 0 Å². The highest BCUT2D eigenvalue weighted by atomic mass is 32.2. The Morgan fingerprint density at radius 3 is 2.40 bits per heavy atom. The van der Waals surface area contributed by atoms with Crippen LogP contribution in [0.5, 0.6) is 0 Å². The molecule has 0 saturated heterocycles. The second-order valence-corrected chi connectivity index (χ2v) is 7.39. The van der Waals surface area contributed by atoms with Crippen LogP contribution in [0.15, 0.2) is 24.3 Å². The minimum absolute atomic E-state index is 0.498. The van der Waals surface area contributed by atoms with Crippen LogP contribution in [0.2, 0.25) is 0 Å². The van der Waals surface area contributed by atoms with E-state index in [9.17, 15) is 18.3 Å². The number of hydrogen-bond donors (Lipinski definition) is 1. The van der Waals surface area contributed by atoms with Gasteiger partial charge in [-0.2, -0.15) is 0 Å². The van der Waals surface area contributed by atoms with E-state index in [1.165, 1.54) is 11.4 Å². The summed E-state index contributed by atoms with van der Waals surface area (Å²) in [6.45, 7) is 0. The van der Waals surface area contributed by atoms with E-state index in [0.29, 0.717) is 24.1 Å². The molecule has 2 rings (SSSR count). The Morgan fingerprint density at radius 2 is 1.90 bits per heavy atom. The molecule has 1 fully saturated rings. The van der Waals surface area contributed by atoms with Crippen LogP contribution in [0.25, 0.3) is 0 Å². The van der Waals surface area contributed by atoms with Crippen LogP contribution in [-0.4, -0.2) is 32.8 Å². The first-order valence-electron chi connectivity index (χ1n) is 6.55. The highest BCUT2D eigenvalue weighted by Gasteiger charge is 2.43. The molecule has 1 aliphatic carbocycles. The molecule has 0 unspecified atom stereocenters. The lowest BCUT2D eigenvalue weighted by atomic mass is 9.79. The third-order valence-electron chi connectivity index (χ3n) is 4.13. The maximum absolute atomic E-state index is 11.7. The van der Waals surface area contributed by atoms with Gasteiger partial charge in [0.25, 0.3) is 0 Å². The third-order valence-corrected chi connectivity index (χ3v) is 5.33. The molecule has 0 heterocycles. The minimum Gasteiger partial charge on any atom is -0.481 e. The lowest BCUT2D eigenvalue weighted by Crippen LogP contribution is -2.33. The third kappa shape index (κ3) is 2.52. The molecular formula is C14H19NO4S. The summed E-state index contributed by atoms with van der Waals surface area (Å²) in [5.74, 6) is -0.825. The molecule has 6 heteroatoms. The monoisotopic (exact) mass is 297 g/mol. The first kappa shape index (κ1) is 14.8. The van der Waals surface area contributed by atoms with Crippen molar-refractivity contribution in [1.29, 1.82) is 0 Å². The van der Waals surface area contributed by atoms with Crippen molar-refractivity contribution in [2.45, 2.75) is 31.1 Å². The Kier molecular flexibility index (Phi) is 3.77. The summed E-state index contributed by atoms with van der Waals surface area (Å²) in [5, 5.41) is 9.57. The molecule has 1 aliphatic rings. The fourth-order valence-corrected chi connectivity index (χ4v) is 3.29. The zero-order valence-corrected chi connectivity index (χ0v) is 12.5. The van der Waals surface area contributed by atoms with Gasteiger partial charge < -0.3 is 5.11 Å². The van der Waals surface area contributed by atoms with Crippen LogP contribution >= 0.6 is 0 Å². The fraction of sp³-hybridized carbons (Fsp3) is 0.500. The van der Waals surface area contributed by atoms with Gasteiger partial charge in [0.15, 0.2) is 0 Å². The largest absolute Gasteiger partial charge is 0.481 e. The SMILES string of the molecule is CN(c1cccc(C2(C(=O)O)CCCC2)c1)S(C)(=O)=O. The van der Waals surface area contributed by atoms with Crippen molar-refractivity contribution in [2.24, 2.45) is 0 Å². The Bertz CT molecular complexity index is 618. The summed E-state index contributed by atoms with van der Waals surface area (Å²) in [6, 6.07) is 6.85. The Hall–Kier alpha value is -1.56. The second-order valence-electron chi connectivity index (χ2n) is 5.38. The quantitative estimate of drug-likeness (QED) is 0.922. The molecule has 0 aliphatic heterocycles. The number of carboxylic acids is 1. The van der Waals surface area contributed by atoms with Crippen LogP contribution in [0, 0.1) is 0 Å². The van der Waals surface area contributed by atoms with Gasteiger partial charge in [-0.15, -0.1) is 0 Å². The van der Waals surface area contributed by atoms with Crippen LogP contribution in [0.1, 0.15) is 31.2 Å². The molecule has 110 valence electrons. The number of sulfonamides is 1. The van der Waals surface area contributed by atoms with E-state index in [4.69, 9.17) is 0 Å². The highest BCUT2D eigenvalue weighted by Crippen LogP contribution is 2.42. The number of aliphatic carboxylic acids is 1. The number of benzene rings is 1. The van der Waals surface area contributed by atoms with E-state index in [1.54, 1.807) is 24.3 Å². The van der Waals surface area contributed by atoms with Gasteiger partial charge in [0.05, 0.1) is 17.4 Å². The van der Waals surface area contributed by atoms with Crippen molar-refractivity contribution in [1.82, 2.24) is 0 Å². The lowest BCUT2D eigenvalue weighted by molar-refractivity contribution is -0.143. The zero-order chi connectivity index (χ0) is 15.0. The number of rotatable bonds is 4. The molecule has 0 bridgehead atoms. The lowest BCUT2D eigenvalue weighted by Gasteiger charge is -2.26. The van der Waals surface area contributed by atoms with Crippen LogP contribution in [0.4, 0.5) is 5.69 Å². The average Bonchev–Trinajstić information content (AvgIpc) is 2.87. The Labute approximate surface area is 119 Å². The van der Waals surface area contributed by atoms with E-state index < -0.39 is 21.4 Å². The zero-order valence-electron chi connectivity index (χ0n) is 11.7. The predicted molar refractivity (Wildman–Crippen MR) is 77.5 cm³/mol. The minimum atomic E-state index is -3.35. The van der Waals surface area contributed by atoms with E-state index in [1.807, 2.05) is 0 Å². The molecule has 0 spiro atoms. The molecule has 20 heavy (non-hydrogen) atoms. The maximum Gasteiger partial charge on any atom is 0.314 e. The standard InChI is InChI=1S/C14H19NO4S/c1-15(20(2,18)19)12-7-5-6-11(10-12)14(13(16)17)8-3-4-9-14/h5-7,10H,3-4,8-9H2,1-2H3,(H,16,17). The normalized spacial score (nSPS) is 17.9. The van der Waals surface area contributed by atoms with Gasteiger partial charge in [-0.05, 0) is 30.5 Å². The highest BCUT2D eigenvalue weighted by molar-refractivity contribution is 7.92. The number of hydrogen-bond acceptors (Lipinski definition) is 3. The van der Waals surface area contributed by atoms with Gasteiger partial charge in [-0.3, -0.25) is 9.10 Å². The molecular weight excluding hydrogens is 278 g/mol. The summed E-state index contributed by atoms with van der Waals surface area (Å²) in [5.41, 5.74) is 0.321. The number of carbonyl (C=O) groups is 1. The molecule has 0 aromatic heterocycles. The topological polar surface area (TPSA) is 74.7 Å². The molecule has 1 aromatic rings. The summed E-state index contributed by atoms with van der Waals surface area (Å²) in [7, 11) is -1.88. The Morgan fingerprint density at radius 1 is 1.30 bits per heavy atom. The summed E-state index contributed by atoms with van der Waals surface area (Å²) < 4.78 is 24.3. The fourth-order valence-electron chi connectivity index (χ4n) is 2.80. The average molecular weight is 297 g/mol. The van der Waals surface area contributed by atoms with Crippen molar-refractivity contribution in [3.05, 3.63) is 29.8 Å². The molecule has 1 aromatic carbocycles. The second kappa shape index (κ2) is 5.09. The van der Waals surface area contributed by atoms with Gasteiger partial charge in [-0.25, -0.2) is 8.42 Å². The van der Waals surface area contributed by atoms with Gasteiger partial charge in [0.2, 0.25) is 10.0 Å². The van der Waals surface area contributed by atoms with Crippen molar-refractivity contribution >= 4 is 21.7 Å². The van der Waals surface area contributed by atoms with E-state index in [0.717, 1.165) is 19.1 Å². The van der Waals surface area contributed by atoms with Crippen molar-refractivity contribution in [3.63, 3.8) is 0 Å². The van der Waals surface area contributed by atoms with Gasteiger partial charge in [0, 0.05) is 7.05 Å². The molecule has 1 N–H and O–H groups in total. The van der Waals surface area contributed by atoms with Crippen molar-refractivity contribution in [2.75, 3.05) is 17.6 Å². The molecule has 0 amide bonds. The molecule has 1 saturated carbocycles. The van der Waals surface area contributed by atoms with Gasteiger partial charge >= 0.3 is 5.97 Å². The smallest absolute Gasteiger partial charge is 0.314 e. The number of carboxylic acid groups (broad SMARTS) is 1. The van der Waals surface area contributed by atoms with Crippen molar-refractivity contribution in [3.8, 4) is 0 Å². The number of nitrogens with zero attached hydrogens (tertiary/aromatic N) is 1. The molecule has 0 radical (unpaired) electrons. The van der Waals surface area contributed by atoms with E-state index in [-0.39, 0.29) is 0 Å². The molecule has 0 atom stereocenters. The first-order valence-corrected chi connectivity index (χ1v) is 8.40. The van der Waals surface area contributed by atoms with Crippen LogP contribution in [0.3, 0.4) is 0 Å². The van der Waals surface area contributed by atoms with E-state index in [2.05, 4.69) is 0 Å². The van der Waals surface area contributed by atoms with Gasteiger partial charge in [-0.1, -0.05) is 25.0 Å². The Balaban J connectivity index is 2.47. The summed E-state index contributed by atoms with van der Waals surface area (Å²) in [6.07, 6.45) is 4.11. The first-order chi connectivity index (χ1) is 9.27. The summed E-state index contributed by atoms with van der Waals surface area (Å²) in [4.78, 5) is 11.7. The van der Waals surface area contributed by atoms with Gasteiger partial charge in [0.1, 0.15) is 0 Å². The predicted octanol–water partition coefficient (Wildman–Crippen LogP) is 1.98. The van der Waals surface area contributed by atoms with Crippen LogP contribution < -0.4 is 4.31 Å². The number of anilines is 1. The molecule has 5 nitrogen and oxygen atoms in total.